The highest BCUT2D eigenvalue weighted by atomic mass is 32.2. The number of anilines is 1. The molecule has 7 nitrogen and oxygen atoms in total. The number of benzene rings is 1. The van der Waals surface area contributed by atoms with Gasteiger partial charge in [-0.2, -0.15) is 0 Å². The highest BCUT2D eigenvalue weighted by Crippen LogP contribution is 2.20. The van der Waals surface area contributed by atoms with Gasteiger partial charge >= 0.3 is 0 Å². The lowest BCUT2D eigenvalue weighted by atomic mass is 10.2. The Hall–Kier alpha value is -2.19. The van der Waals surface area contributed by atoms with Gasteiger partial charge in [0.1, 0.15) is 0 Å². The van der Waals surface area contributed by atoms with E-state index in [0.717, 1.165) is 0 Å². The molecular weight excluding hydrogens is 282 g/mol. The number of nitrogens with one attached hydrogen (secondary N) is 1. The fourth-order valence-corrected chi connectivity index (χ4v) is 2.49. The molecule has 0 unspecified atom stereocenters. The summed E-state index contributed by atoms with van der Waals surface area (Å²) in [5, 5.41) is 11.1. The lowest BCUT2D eigenvalue weighted by Gasteiger charge is -2.08. The second kappa shape index (κ2) is 5.06. The molecule has 0 atom stereocenters. The zero-order valence-electron chi connectivity index (χ0n) is 10.9. The molecule has 0 aliphatic rings. The summed E-state index contributed by atoms with van der Waals surface area (Å²) >= 11 is 0. The maximum atomic E-state index is 11.9. The minimum atomic E-state index is -3.84. The molecule has 3 N–H and O–H groups in total. The van der Waals surface area contributed by atoms with E-state index in [1.807, 2.05) is 0 Å². The first kappa shape index (κ1) is 14.2. The van der Waals surface area contributed by atoms with Crippen molar-refractivity contribution in [3.63, 3.8) is 0 Å². The summed E-state index contributed by atoms with van der Waals surface area (Å²) < 4.78 is 27.6. The second-order valence-corrected chi connectivity index (χ2v) is 5.85. The number of carbonyl (C=O) groups excluding carboxylic acids is 1. The van der Waals surface area contributed by atoms with Crippen LogP contribution in [0, 0.1) is 13.8 Å². The molecule has 1 heterocycles. The molecule has 0 aliphatic heterocycles. The normalized spacial score (nSPS) is 11.3. The third-order valence-electron chi connectivity index (χ3n) is 2.71. The van der Waals surface area contributed by atoms with Crippen molar-refractivity contribution in [2.75, 3.05) is 5.32 Å². The molecule has 0 bridgehead atoms. The molecule has 2 rings (SSSR count). The number of carbonyl (C=O) groups is 1. The van der Waals surface area contributed by atoms with Gasteiger partial charge in [0.15, 0.2) is 0 Å². The summed E-state index contributed by atoms with van der Waals surface area (Å²) in [4.78, 5) is 11.9. The standard InChI is InChI=1S/C12H13N3O4S/c1-7-3-4-9(5-10(7)20(13,17)18)15-12(16)11-8(2)6-14-19-11/h3-6H,1-2H3,(H,15,16)(H2,13,17,18). The van der Waals surface area contributed by atoms with E-state index in [4.69, 9.17) is 9.66 Å². The fraction of sp³-hybridized carbons (Fsp3) is 0.167. The van der Waals surface area contributed by atoms with Gasteiger partial charge in [-0.05, 0) is 31.5 Å². The summed E-state index contributed by atoms with van der Waals surface area (Å²) in [5.41, 5.74) is 1.39. The van der Waals surface area contributed by atoms with E-state index in [2.05, 4.69) is 10.5 Å². The van der Waals surface area contributed by atoms with Crippen LogP contribution in [-0.4, -0.2) is 19.5 Å². The number of aromatic nitrogens is 1. The Morgan fingerprint density at radius 2 is 2.00 bits per heavy atom. The summed E-state index contributed by atoms with van der Waals surface area (Å²) in [6.07, 6.45) is 1.42. The molecular formula is C12H13N3O4S. The monoisotopic (exact) mass is 295 g/mol. The molecule has 0 saturated heterocycles. The van der Waals surface area contributed by atoms with Gasteiger partial charge in [-0.1, -0.05) is 11.2 Å². The predicted octanol–water partition coefficient (Wildman–Crippen LogP) is 1.19. The van der Waals surface area contributed by atoms with E-state index in [1.165, 1.54) is 12.3 Å². The quantitative estimate of drug-likeness (QED) is 0.882. The molecule has 106 valence electrons. The lowest BCUT2D eigenvalue weighted by Crippen LogP contribution is -2.16. The van der Waals surface area contributed by atoms with Crippen molar-refractivity contribution in [2.24, 2.45) is 5.14 Å². The van der Waals surface area contributed by atoms with Crippen molar-refractivity contribution >= 4 is 21.6 Å². The summed E-state index contributed by atoms with van der Waals surface area (Å²) in [5.74, 6) is -0.438. The molecule has 0 spiro atoms. The van der Waals surface area contributed by atoms with Crippen LogP contribution in [0.2, 0.25) is 0 Å². The number of nitrogens with two attached hydrogens (primary N) is 1. The number of sulfonamides is 1. The Labute approximate surface area is 115 Å². The van der Waals surface area contributed by atoms with Crippen molar-refractivity contribution < 1.29 is 17.7 Å². The number of primary sulfonamides is 1. The van der Waals surface area contributed by atoms with Crippen molar-refractivity contribution in [1.29, 1.82) is 0 Å². The third-order valence-corrected chi connectivity index (χ3v) is 3.76. The average Bonchev–Trinajstić information content (AvgIpc) is 2.76. The number of amides is 1. The molecule has 1 aromatic carbocycles. The second-order valence-electron chi connectivity index (χ2n) is 4.32. The minimum Gasteiger partial charge on any atom is -0.351 e. The van der Waals surface area contributed by atoms with E-state index in [1.54, 1.807) is 26.0 Å². The number of aryl methyl sites for hydroxylation is 2. The van der Waals surface area contributed by atoms with Gasteiger partial charge in [-0.3, -0.25) is 4.79 Å². The lowest BCUT2D eigenvalue weighted by molar-refractivity contribution is 0.0987. The smallest absolute Gasteiger partial charge is 0.294 e. The molecule has 1 aromatic heterocycles. The van der Waals surface area contributed by atoms with Crippen molar-refractivity contribution in [3.8, 4) is 0 Å². The molecule has 0 fully saturated rings. The van der Waals surface area contributed by atoms with Crippen LogP contribution in [0.3, 0.4) is 0 Å². The highest BCUT2D eigenvalue weighted by molar-refractivity contribution is 7.89. The van der Waals surface area contributed by atoms with Gasteiger partial charge in [0.2, 0.25) is 15.8 Å². The predicted molar refractivity (Wildman–Crippen MR) is 71.7 cm³/mol. The van der Waals surface area contributed by atoms with Crippen LogP contribution < -0.4 is 10.5 Å². The first-order chi connectivity index (χ1) is 9.29. The van der Waals surface area contributed by atoms with E-state index in [-0.39, 0.29) is 10.7 Å². The average molecular weight is 295 g/mol. The largest absolute Gasteiger partial charge is 0.351 e. The molecule has 2 aromatic rings. The van der Waals surface area contributed by atoms with Gasteiger partial charge in [0.25, 0.3) is 5.91 Å². The third kappa shape index (κ3) is 2.86. The van der Waals surface area contributed by atoms with Crippen molar-refractivity contribution in [1.82, 2.24) is 5.16 Å². The van der Waals surface area contributed by atoms with Gasteiger partial charge in [0, 0.05) is 11.3 Å². The Balaban J connectivity index is 2.32. The van der Waals surface area contributed by atoms with E-state index in [9.17, 15) is 13.2 Å². The van der Waals surface area contributed by atoms with E-state index >= 15 is 0 Å². The molecule has 0 radical (unpaired) electrons. The number of hydrogen-bond acceptors (Lipinski definition) is 5. The Kier molecular flexibility index (Phi) is 3.60. The Bertz CT molecular complexity index is 765. The fourth-order valence-electron chi connectivity index (χ4n) is 1.68. The van der Waals surface area contributed by atoms with Gasteiger partial charge < -0.3 is 9.84 Å². The molecule has 0 saturated carbocycles. The maximum absolute atomic E-state index is 11.9. The number of hydrogen-bond donors (Lipinski definition) is 2. The zero-order valence-corrected chi connectivity index (χ0v) is 11.7. The first-order valence-electron chi connectivity index (χ1n) is 5.65. The van der Waals surface area contributed by atoms with Crippen LogP contribution in [0.5, 0.6) is 0 Å². The minimum absolute atomic E-state index is 0.0374. The van der Waals surface area contributed by atoms with Gasteiger partial charge in [-0.25, -0.2) is 13.6 Å². The topological polar surface area (TPSA) is 115 Å². The highest BCUT2D eigenvalue weighted by Gasteiger charge is 2.16. The van der Waals surface area contributed by atoms with Gasteiger partial charge in [0.05, 0.1) is 11.1 Å². The van der Waals surface area contributed by atoms with Crippen molar-refractivity contribution in [3.05, 3.63) is 41.3 Å². The van der Waals surface area contributed by atoms with Crippen LogP contribution in [0.1, 0.15) is 21.7 Å². The summed E-state index contributed by atoms with van der Waals surface area (Å²) in [6, 6.07) is 4.44. The zero-order chi connectivity index (χ0) is 14.9. The molecule has 20 heavy (non-hydrogen) atoms. The van der Waals surface area contributed by atoms with Crippen molar-refractivity contribution in [2.45, 2.75) is 18.7 Å². The molecule has 1 amide bonds. The Morgan fingerprint density at radius 3 is 2.55 bits per heavy atom. The van der Waals surface area contributed by atoms with E-state index < -0.39 is 15.9 Å². The molecule has 8 heteroatoms. The van der Waals surface area contributed by atoms with Crippen LogP contribution in [0.15, 0.2) is 33.8 Å². The van der Waals surface area contributed by atoms with Crippen LogP contribution in [-0.2, 0) is 10.0 Å². The van der Waals surface area contributed by atoms with Gasteiger partial charge in [-0.15, -0.1) is 0 Å². The summed E-state index contributed by atoms with van der Waals surface area (Å²) in [6.45, 7) is 3.29. The number of nitrogens with zero attached hydrogens (tertiary/aromatic N) is 1. The maximum Gasteiger partial charge on any atom is 0.294 e. The SMILES string of the molecule is Cc1ccc(NC(=O)c2oncc2C)cc1S(N)(=O)=O. The Morgan fingerprint density at radius 1 is 1.30 bits per heavy atom. The first-order valence-corrected chi connectivity index (χ1v) is 7.20. The van der Waals surface area contributed by atoms with Crippen LogP contribution >= 0.6 is 0 Å². The van der Waals surface area contributed by atoms with Crippen LogP contribution in [0.4, 0.5) is 5.69 Å². The molecule has 0 aliphatic carbocycles. The number of rotatable bonds is 3. The van der Waals surface area contributed by atoms with Crippen LogP contribution in [0.25, 0.3) is 0 Å². The van der Waals surface area contributed by atoms with E-state index in [0.29, 0.717) is 16.8 Å². The summed E-state index contributed by atoms with van der Waals surface area (Å²) in [7, 11) is -3.84.